The van der Waals surface area contributed by atoms with E-state index in [1.807, 2.05) is 31.2 Å². The number of hydrogen-bond donors (Lipinski definition) is 1. The quantitative estimate of drug-likeness (QED) is 0.329. The molecule has 2 aromatic rings. The van der Waals surface area contributed by atoms with Gasteiger partial charge in [0.25, 0.3) is 0 Å². The summed E-state index contributed by atoms with van der Waals surface area (Å²) < 4.78 is 26.0. The fourth-order valence-electron chi connectivity index (χ4n) is 3.19. The van der Waals surface area contributed by atoms with Gasteiger partial charge in [-0.15, -0.1) is 0 Å². The summed E-state index contributed by atoms with van der Waals surface area (Å²) in [5.41, 5.74) is 5.95. The average Bonchev–Trinajstić information content (AvgIpc) is 3.02. The monoisotopic (exact) mass is 399 g/mol. The van der Waals surface area contributed by atoms with Crippen molar-refractivity contribution in [2.75, 3.05) is 19.5 Å². The van der Waals surface area contributed by atoms with Crippen molar-refractivity contribution in [3.8, 4) is 0 Å². The van der Waals surface area contributed by atoms with Crippen molar-refractivity contribution in [2.24, 2.45) is 5.16 Å². The van der Waals surface area contributed by atoms with Gasteiger partial charge in [-0.25, -0.2) is 4.39 Å². The van der Waals surface area contributed by atoms with E-state index in [1.54, 1.807) is 6.07 Å². The Morgan fingerprint density at radius 1 is 1.25 bits per heavy atom. The Bertz CT molecular complexity index is 951. The van der Waals surface area contributed by atoms with Crippen molar-refractivity contribution in [2.45, 2.75) is 18.2 Å². The first-order chi connectivity index (χ1) is 13.5. The molecule has 6 heteroatoms. The van der Waals surface area contributed by atoms with Gasteiger partial charge in [0, 0.05) is 6.42 Å². The van der Waals surface area contributed by atoms with Crippen molar-refractivity contribution in [1.82, 2.24) is 0 Å². The molecule has 146 valence electrons. The molecule has 1 aliphatic rings. The van der Waals surface area contributed by atoms with Crippen LogP contribution in [0.1, 0.15) is 28.7 Å². The van der Waals surface area contributed by atoms with E-state index < -0.39 is 17.0 Å². The number of fused-ring (bicyclic) bond motifs is 1. The lowest BCUT2D eigenvalue weighted by molar-refractivity contribution is 0.150. The maximum absolute atomic E-state index is 14.3. The fraction of sp³-hybridized carbons (Fsp3) is 0.227. The van der Waals surface area contributed by atoms with Gasteiger partial charge in [-0.3, -0.25) is 0 Å². The molecule has 0 aliphatic heterocycles. The Kier molecular flexibility index (Phi) is 6.67. The van der Waals surface area contributed by atoms with Crippen molar-refractivity contribution in [3.63, 3.8) is 0 Å². The van der Waals surface area contributed by atoms with Crippen molar-refractivity contribution in [1.29, 1.82) is 0 Å². The van der Waals surface area contributed by atoms with Crippen LogP contribution in [0, 0.1) is 12.7 Å². The zero-order chi connectivity index (χ0) is 20.1. The van der Waals surface area contributed by atoms with E-state index in [-0.39, 0.29) is 11.5 Å². The zero-order valence-corrected chi connectivity index (χ0v) is 16.6. The molecular formula is C22H22FNO3S. The third-order valence-electron chi connectivity index (χ3n) is 4.55. The number of allylic oxidation sites excluding steroid dienone is 2. The van der Waals surface area contributed by atoms with Crippen molar-refractivity contribution >= 4 is 34.6 Å². The largest absolute Gasteiger partial charge is 0.612 e. The van der Waals surface area contributed by atoms with Gasteiger partial charge in [0.15, 0.2) is 10.7 Å². The molecule has 1 N–H and O–H groups in total. The molecule has 0 saturated heterocycles. The minimum absolute atomic E-state index is 0.154. The van der Waals surface area contributed by atoms with E-state index in [0.29, 0.717) is 13.0 Å². The number of hydrogen-bond acceptors (Lipinski definition) is 4. The molecule has 1 atom stereocenters. The minimum atomic E-state index is -1.36. The Balaban J connectivity index is 1.91. The topological polar surface area (TPSA) is 64.9 Å². The second kappa shape index (κ2) is 9.19. The smallest absolute Gasteiger partial charge is 0.188 e. The summed E-state index contributed by atoms with van der Waals surface area (Å²) in [6.45, 7) is 2.13. The van der Waals surface area contributed by atoms with Gasteiger partial charge >= 0.3 is 0 Å². The molecule has 28 heavy (non-hydrogen) atoms. The molecule has 3 rings (SSSR count). The van der Waals surface area contributed by atoms with Crippen LogP contribution in [0.2, 0.25) is 0 Å². The van der Waals surface area contributed by atoms with Crippen LogP contribution in [0.25, 0.3) is 17.2 Å². The van der Waals surface area contributed by atoms with Gasteiger partial charge in [0.05, 0.1) is 12.8 Å². The third-order valence-corrected chi connectivity index (χ3v) is 5.48. The van der Waals surface area contributed by atoms with E-state index in [2.05, 4.69) is 17.3 Å². The predicted octanol–water partition coefficient (Wildman–Crippen LogP) is 4.19. The highest BCUT2D eigenvalue weighted by atomic mass is 32.2. The second-order valence-corrected chi connectivity index (χ2v) is 7.81. The third kappa shape index (κ3) is 4.52. The summed E-state index contributed by atoms with van der Waals surface area (Å²) >= 11 is -1.36. The number of nitrogens with zero attached hydrogens (tertiary/aromatic N) is 1. The number of benzene rings is 2. The number of halogens is 1. The highest BCUT2D eigenvalue weighted by Gasteiger charge is 2.19. The van der Waals surface area contributed by atoms with Gasteiger partial charge in [0.1, 0.15) is 12.9 Å². The van der Waals surface area contributed by atoms with Crippen LogP contribution in [0.5, 0.6) is 0 Å². The first kappa shape index (κ1) is 20.3. The molecular weight excluding hydrogens is 377 g/mol. The highest BCUT2D eigenvalue weighted by Crippen LogP contribution is 2.38. The highest BCUT2D eigenvalue weighted by molar-refractivity contribution is 7.90. The molecule has 0 saturated carbocycles. The Morgan fingerprint density at radius 2 is 2.00 bits per heavy atom. The maximum atomic E-state index is 14.3. The maximum Gasteiger partial charge on any atom is 0.188 e. The molecule has 4 nitrogen and oxygen atoms in total. The summed E-state index contributed by atoms with van der Waals surface area (Å²) in [5.74, 6) is -0.455. The number of rotatable bonds is 7. The summed E-state index contributed by atoms with van der Waals surface area (Å²) in [6.07, 6.45) is 7.47. The standard InChI is InChI=1S/C22H22FNO3S/c1-15-11-22(28(2)26)21(23)14-17(15)13-18-12-16(7-10-27-24-8-9-25)19-5-3-4-6-20(18)19/h3-6,8,11-14,25H,7,9-10H2,1-2H3/b18-13-,24-8?. The van der Waals surface area contributed by atoms with E-state index >= 15 is 0 Å². The molecule has 0 radical (unpaired) electrons. The second-order valence-electron chi connectivity index (χ2n) is 6.46. The Morgan fingerprint density at radius 3 is 2.71 bits per heavy atom. The molecule has 0 aromatic heterocycles. The molecule has 0 amide bonds. The normalized spacial score (nSPS) is 15.8. The Labute approximate surface area is 167 Å². The van der Waals surface area contributed by atoms with Gasteiger partial charge in [-0.2, -0.15) is 0 Å². The summed E-state index contributed by atoms with van der Waals surface area (Å²) in [6, 6.07) is 11.1. The summed E-state index contributed by atoms with van der Waals surface area (Å²) in [7, 11) is 0. The Hall–Kier alpha value is -2.41. The number of aliphatic hydroxyl groups is 1. The first-order valence-electron chi connectivity index (χ1n) is 8.91. The van der Waals surface area contributed by atoms with E-state index in [0.717, 1.165) is 33.4 Å². The van der Waals surface area contributed by atoms with Crippen LogP contribution in [-0.4, -0.2) is 35.3 Å². The number of oxime groups is 1. The lowest BCUT2D eigenvalue weighted by Crippen LogP contribution is -2.02. The lowest BCUT2D eigenvalue weighted by Gasteiger charge is -2.09. The number of aryl methyl sites for hydroxylation is 1. The van der Waals surface area contributed by atoms with E-state index in [4.69, 9.17) is 9.94 Å². The molecule has 0 bridgehead atoms. The first-order valence-corrected chi connectivity index (χ1v) is 10.5. The van der Waals surface area contributed by atoms with Crippen molar-refractivity contribution in [3.05, 3.63) is 70.5 Å². The van der Waals surface area contributed by atoms with E-state index in [9.17, 15) is 8.94 Å². The minimum Gasteiger partial charge on any atom is -0.612 e. The van der Waals surface area contributed by atoms with Crippen LogP contribution in [0.15, 0.2) is 52.5 Å². The van der Waals surface area contributed by atoms with Crippen LogP contribution < -0.4 is 0 Å². The predicted molar refractivity (Wildman–Crippen MR) is 112 cm³/mol. The molecule has 0 fully saturated rings. The molecule has 0 heterocycles. The zero-order valence-electron chi connectivity index (χ0n) is 15.8. The lowest BCUT2D eigenvalue weighted by atomic mass is 10.0. The van der Waals surface area contributed by atoms with Crippen LogP contribution in [0.3, 0.4) is 0 Å². The van der Waals surface area contributed by atoms with Crippen LogP contribution >= 0.6 is 0 Å². The summed E-state index contributed by atoms with van der Waals surface area (Å²) in [5, 5.41) is 12.3. The van der Waals surface area contributed by atoms with E-state index in [1.165, 1.54) is 18.5 Å². The van der Waals surface area contributed by atoms with Crippen LogP contribution in [-0.2, 0) is 16.0 Å². The molecule has 2 aromatic carbocycles. The fourth-order valence-corrected chi connectivity index (χ4v) is 3.87. The SMILES string of the molecule is Cc1cc([S+](C)[O-])c(F)cc1/C=C1/C=C(CCON=CCO)c2ccccc21. The van der Waals surface area contributed by atoms with Gasteiger partial charge in [-0.1, -0.05) is 35.5 Å². The van der Waals surface area contributed by atoms with Crippen LogP contribution in [0.4, 0.5) is 4.39 Å². The average molecular weight is 399 g/mol. The van der Waals surface area contributed by atoms with Crippen molar-refractivity contribution < 1.29 is 18.9 Å². The molecule has 1 unspecified atom stereocenters. The van der Waals surface area contributed by atoms with Gasteiger partial charge in [0.2, 0.25) is 0 Å². The van der Waals surface area contributed by atoms with Gasteiger partial charge in [-0.05, 0) is 69.7 Å². The molecule has 1 aliphatic carbocycles. The summed E-state index contributed by atoms with van der Waals surface area (Å²) in [4.78, 5) is 5.37. The van der Waals surface area contributed by atoms with Gasteiger partial charge < -0.3 is 14.5 Å². The molecule has 0 spiro atoms. The number of aliphatic hydroxyl groups excluding tert-OH is 1.